The van der Waals surface area contributed by atoms with E-state index in [1.807, 2.05) is 17.9 Å². The van der Waals surface area contributed by atoms with Crippen LogP contribution in [0.2, 0.25) is 0 Å². The summed E-state index contributed by atoms with van der Waals surface area (Å²) in [7, 11) is 4.70. The highest BCUT2D eigenvalue weighted by atomic mass is 16.5. The van der Waals surface area contributed by atoms with Gasteiger partial charge in [0.1, 0.15) is 17.2 Å². The lowest BCUT2D eigenvalue weighted by Gasteiger charge is -2.35. The number of aryl methyl sites for hydroxylation is 1. The fraction of sp³-hybridized carbons (Fsp3) is 0.375. The van der Waals surface area contributed by atoms with Crippen LogP contribution in [-0.2, 0) is 4.79 Å². The molecule has 1 N–H and O–H groups in total. The van der Waals surface area contributed by atoms with Gasteiger partial charge in [0.15, 0.2) is 5.78 Å². The lowest BCUT2D eigenvalue weighted by Crippen LogP contribution is -2.47. The van der Waals surface area contributed by atoms with E-state index in [4.69, 9.17) is 19.2 Å². The number of piperidine rings is 1. The van der Waals surface area contributed by atoms with Gasteiger partial charge in [-0.3, -0.25) is 19.5 Å². The minimum Gasteiger partial charge on any atom is -0.497 e. The third-order valence-electron chi connectivity index (χ3n) is 5.92. The summed E-state index contributed by atoms with van der Waals surface area (Å²) in [5.74, 6) is 1.33. The number of benzene rings is 2. The molecule has 2 aromatic rings. The molecular weight excluding hydrogens is 410 g/mol. The van der Waals surface area contributed by atoms with Crippen molar-refractivity contribution in [1.29, 1.82) is 0 Å². The van der Waals surface area contributed by atoms with Crippen molar-refractivity contribution in [3.63, 3.8) is 0 Å². The molecule has 1 amide bonds. The van der Waals surface area contributed by atoms with Crippen molar-refractivity contribution in [2.45, 2.75) is 13.3 Å². The van der Waals surface area contributed by atoms with Crippen LogP contribution >= 0.6 is 0 Å². The van der Waals surface area contributed by atoms with Crippen LogP contribution in [0.1, 0.15) is 22.3 Å². The zero-order chi connectivity index (χ0) is 22.8. The van der Waals surface area contributed by atoms with Crippen LogP contribution in [-0.4, -0.2) is 63.3 Å². The molecule has 0 aliphatic carbocycles. The first-order chi connectivity index (χ1) is 15.4. The average Bonchev–Trinajstić information content (AvgIpc) is 2.80. The first kappa shape index (κ1) is 21.8. The van der Waals surface area contributed by atoms with E-state index in [1.165, 1.54) is 0 Å². The minimum atomic E-state index is -0.345. The Morgan fingerprint density at radius 1 is 1.12 bits per heavy atom. The summed E-state index contributed by atoms with van der Waals surface area (Å²) in [6.45, 7) is 3.22. The summed E-state index contributed by atoms with van der Waals surface area (Å²) in [5, 5.41) is 2.89. The summed E-state index contributed by atoms with van der Waals surface area (Å²) < 4.78 is 15.9. The Kier molecular flexibility index (Phi) is 6.14. The number of ketones is 1. The summed E-state index contributed by atoms with van der Waals surface area (Å²) >= 11 is 0. The van der Waals surface area contributed by atoms with E-state index in [0.29, 0.717) is 48.0 Å². The molecule has 0 saturated carbocycles. The molecule has 168 valence electrons. The van der Waals surface area contributed by atoms with E-state index in [2.05, 4.69) is 5.32 Å². The number of nitrogens with one attached hydrogen (secondary N) is 1. The number of hydrogen-bond acceptors (Lipinski definition) is 7. The van der Waals surface area contributed by atoms with Gasteiger partial charge >= 0.3 is 0 Å². The Labute approximate surface area is 187 Å². The fourth-order valence-electron chi connectivity index (χ4n) is 4.25. The molecule has 2 aliphatic heterocycles. The molecule has 0 aromatic heterocycles. The molecule has 2 aromatic carbocycles. The predicted octanol–water partition coefficient (Wildman–Crippen LogP) is 3.25. The van der Waals surface area contributed by atoms with Crippen LogP contribution in [0.15, 0.2) is 35.3 Å². The molecule has 8 nitrogen and oxygen atoms in total. The van der Waals surface area contributed by atoms with Gasteiger partial charge < -0.3 is 19.5 Å². The third-order valence-corrected chi connectivity index (χ3v) is 5.92. The number of Topliss-reactive ketones (excluding diaryl/α,β-unsaturated/α-hetero) is 1. The lowest BCUT2D eigenvalue weighted by atomic mass is 9.84. The molecule has 2 aliphatic rings. The predicted molar refractivity (Wildman–Crippen MR) is 122 cm³/mol. The van der Waals surface area contributed by atoms with Crippen LogP contribution in [0, 0.1) is 12.8 Å². The second kappa shape index (κ2) is 9.00. The Balaban J connectivity index is 1.47. The van der Waals surface area contributed by atoms with Crippen molar-refractivity contribution in [2.24, 2.45) is 10.9 Å². The van der Waals surface area contributed by atoms with E-state index in [1.54, 1.807) is 45.6 Å². The number of nitrogens with zero attached hydrogens (tertiary/aromatic N) is 2. The molecule has 1 unspecified atom stereocenters. The highest BCUT2D eigenvalue weighted by Crippen LogP contribution is 2.37. The first-order valence-corrected chi connectivity index (χ1v) is 10.5. The Bertz CT molecular complexity index is 1100. The maximum absolute atomic E-state index is 13.3. The van der Waals surface area contributed by atoms with Gasteiger partial charge in [-0.2, -0.15) is 0 Å². The summed E-state index contributed by atoms with van der Waals surface area (Å²) in [5.41, 5.74) is 3.68. The first-order valence-electron chi connectivity index (χ1n) is 10.5. The Morgan fingerprint density at radius 2 is 1.91 bits per heavy atom. The van der Waals surface area contributed by atoms with Crippen molar-refractivity contribution in [3.8, 4) is 17.2 Å². The second-order valence-corrected chi connectivity index (χ2v) is 7.96. The monoisotopic (exact) mass is 437 g/mol. The van der Waals surface area contributed by atoms with E-state index >= 15 is 0 Å². The van der Waals surface area contributed by atoms with E-state index in [9.17, 15) is 9.59 Å². The topological polar surface area (TPSA) is 89.5 Å². The van der Waals surface area contributed by atoms with Gasteiger partial charge in [0, 0.05) is 30.4 Å². The number of carbonyl (C=O) groups is 2. The molecule has 1 saturated heterocycles. The second-order valence-electron chi connectivity index (χ2n) is 7.96. The van der Waals surface area contributed by atoms with Crippen molar-refractivity contribution in [2.75, 3.05) is 46.3 Å². The average molecular weight is 437 g/mol. The number of ether oxygens (including phenoxy) is 3. The van der Waals surface area contributed by atoms with Crippen LogP contribution in [0.4, 0.5) is 11.4 Å². The zero-order valence-corrected chi connectivity index (χ0v) is 18.7. The van der Waals surface area contributed by atoms with Crippen LogP contribution in [0.25, 0.3) is 0 Å². The SMILES string of the molecule is COc1ccc(OC)c(NC(=O)CN2CCC3=Nc4c(C)cc(OC)cc4C(=O)C3C2)c1. The number of amides is 1. The summed E-state index contributed by atoms with van der Waals surface area (Å²) in [6.07, 6.45) is 0.650. The smallest absolute Gasteiger partial charge is 0.238 e. The standard InChI is InChI=1S/C24H27N3O5/c1-14-9-16(31-3)10-17-23(14)26-19-7-8-27(12-18(19)24(17)29)13-22(28)25-20-11-15(30-2)5-6-21(20)32-4/h5-6,9-11,18H,7-8,12-13H2,1-4H3,(H,25,28). The summed E-state index contributed by atoms with van der Waals surface area (Å²) in [4.78, 5) is 32.8. The zero-order valence-electron chi connectivity index (χ0n) is 18.7. The quantitative estimate of drug-likeness (QED) is 0.746. The molecule has 2 heterocycles. The largest absolute Gasteiger partial charge is 0.497 e. The van der Waals surface area contributed by atoms with E-state index in [0.717, 1.165) is 17.0 Å². The van der Waals surface area contributed by atoms with Gasteiger partial charge in [0.2, 0.25) is 5.91 Å². The minimum absolute atomic E-state index is 0.0339. The number of hydrogen-bond donors (Lipinski definition) is 1. The van der Waals surface area contributed by atoms with Gasteiger partial charge in [-0.25, -0.2) is 0 Å². The van der Waals surface area contributed by atoms with Gasteiger partial charge in [-0.05, 0) is 43.2 Å². The molecular formula is C24H27N3O5. The third kappa shape index (κ3) is 4.18. The van der Waals surface area contributed by atoms with Crippen molar-refractivity contribution < 1.29 is 23.8 Å². The Hall–Kier alpha value is -3.39. The van der Waals surface area contributed by atoms with Gasteiger partial charge in [-0.15, -0.1) is 0 Å². The maximum atomic E-state index is 13.3. The van der Waals surface area contributed by atoms with Crippen LogP contribution in [0.3, 0.4) is 0 Å². The number of aliphatic imine (C=N–C) groups is 1. The highest BCUT2D eigenvalue weighted by molar-refractivity contribution is 6.19. The molecule has 32 heavy (non-hydrogen) atoms. The van der Waals surface area contributed by atoms with Crippen molar-refractivity contribution in [3.05, 3.63) is 41.5 Å². The van der Waals surface area contributed by atoms with E-state index < -0.39 is 0 Å². The Morgan fingerprint density at radius 3 is 2.62 bits per heavy atom. The molecule has 0 bridgehead atoms. The van der Waals surface area contributed by atoms with Gasteiger partial charge in [0.25, 0.3) is 0 Å². The number of anilines is 1. The molecule has 4 rings (SSSR count). The molecule has 0 radical (unpaired) electrons. The normalized spacial score (nSPS) is 17.7. The lowest BCUT2D eigenvalue weighted by molar-refractivity contribution is -0.117. The fourth-order valence-corrected chi connectivity index (χ4v) is 4.25. The molecule has 1 fully saturated rings. The van der Waals surface area contributed by atoms with Crippen LogP contribution < -0.4 is 19.5 Å². The van der Waals surface area contributed by atoms with Gasteiger partial charge in [-0.1, -0.05) is 0 Å². The summed E-state index contributed by atoms with van der Waals surface area (Å²) in [6, 6.07) is 8.87. The number of rotatable bonds is 6. The maximum Gasteiger partial charge on any atom is 0.238 e. The number of likely N-dealkylation sites (tertiary alicyclic amines) is 1. The number of carbonyl (C=O) groups excluding carboxylic acids is 2. The molecule has 8 heteroatoms. The van der Waals surface area contributed by atoms with E-state index in [-0.39, 0.29) is 24.2 Å². The van der Waals surface area contributed by atoms with Crippen molar-refractivity contribution in [1.82, 2.24) is 4.90 Å². The number of methoxy groups -OCH3 is 3. The van der Waals surface area contributed by atoms with Gasteiger partial charge in [0.05, 0.1) is 45.2 Å². The highest BCUT2D eigenvalue weighted by Gasteiger charge is 2.37. The van der Waals surface area contributed by atoms with Crippen LogP contribution in [0.5, 0.6) is 17.2 Å². The number of fused-ring (bicyclic) bond motifs is 2. The molecule has 0 spiro atoms. The van der Waals surface area contributed by atoms with Crippen molar-refractivity contribution >= 4 is 28.8 Å². The molecule has 1 atom stereocenters.